The number of carbonyl (C=O) groups is 2. The Morgan fingerprint density at radius 2 is 0.800 bits per heavy atom. The summed E-state index contributed by atoms with van der Waals surface area (Å²) in [6, 6.07) is 24.4. The summed E-state index contributed by atoms with van der Waals surface area (Å²) in [6.45, 7) is 0. The van der Waals surface area contributed by atoms with E-state index in [-0.39, 0.29) is 11.1 Å². The first kappa shape index (κ1) is 18.1. The first-order valence-corrected chi connectivity index (χ1v) is 9.58. The first-order chi connectivity index (χ1) is 14.6. The molecular formula is C26H18O4. The lowest BCUT2D eigenvalue weighted by Crippen LogP contribution is -2.11. The molecule has 0 aliphatic rings. The molecule has 0 unspecified atom stereocenters. The molecule has 4 heteroatoms. The highest BCUT2D eigenvalue weighted by Crippen LogP contribution is 2.31. The molecule has 5 aromatic carbocycles. The minimum absolute atomic E-state index is 0.197. The summed E-state index contributed by atoms with van der Waals surface area (Å²) in [6.07, 6.45) is 0. The second kappa shape index (κ2) is 6.85. The van der Waals surface area contributed by atoms with Gasteiger partial charge in [-0.3, -0.25) is 0 Å². The van der Waals surface area contributed by atoms with Crippen molar-refractivity contribution in [2.45, 2.75) is 0 Å². The van der Waals surface area contributed by atoms with E-state index in [9.17, 15) is 9.59 Å². The summed E-state index contributed by atoms with van der Waals surface area (Å²) in [5.41, 5.74) is 0.394. The lowest BCUT2D eigenvalue weighted by Gasteiger charge is -2.11. The van der Waals surface area contributed by atoms with Gasteiger partial charge in [0.25, 0.3) is 0 Å². The maximum atomic E-state index is 12.2. The Kier molecular flexibility index (Phi) is 4.14. The van der Waals surface area contributed by atoms with Crippen LogP contribution in [0.4, 0.5) is 0 Å². The average Bonchev–Trinajstić information content (AvgIpc) is 2.78. The second-order valence-corrected chi connectivity index (χ2v) is 7.33. The lowest BCUT2D eigenvalue weighted by molar-refractivity contribution is 0.0555. The molecule has 0 radical (unpaired) electrons. The molecule has 0 saturated carbocycles. The van der Waals surface area contributed by atoms with Crippen molar-refractivity contribution in [2.75, 3.05) is 14.2 Å². The van der Waals surface area contributed by atoms with Gasteiger partial charge in [-0.1, -0.05) is 24.3 Å². The topological polar surface area (TPSA) is 52.6 Å². The van der Waals surface area contributed by atoms with Gasteiger partial charge in [0.15, 0.2) is 0 Å². The van der Waals surface area contributed by atoms with E-state index in [1.807, 2.05) is 24.3 Å². The van der Waals surface area contributed by atoms with Crippen molar-refractivity contribution >= 4 is 55.0 Å². The van der Waals surface area contributed by atoms with Crippen LogP contribution in [0.25, 0.3) is 43.1 Å². The predicted molar refractivity (Wildman–Crippen MR) is 119 cm³/mol. The molecule has 0 amide bonds. The fourth-order valence-corrected chi connectivity index (χ4v) is 4.05. The molecule has 0 atom stereocenters. The van der Waals surface area contributed by atoms with Crippen LogP contribution in [-0.4, -0.2) is 26.2 Å². The summed E-state index contributed by atoms with van der Waals surface area (Å²) in [7, 11) is 2.59. The summed E-state index contributed by atoms with van der Waals surface area (Å²) in [4.78, 5) is 24.5. The van der Waals surface area contributed by atoms with Crippen LogP contribution in [0.5, 0.6) is 0 Å². The molecule has 0 aromatic heterocycles. The number of fused-ring (bicyclic) bond motifs is 4. The molecule has 0 aliphatic carbocycles. The molecule has 0 heterocycles. The normalized spacial score (nSPS) is 11.3. The van der Waals surface area contributed by atoms with E-state index >= 15 is 0 Å². The molecule has 0 aliphatic heterocycles. The number of ether oxygens (including phenoxy) is 2. The van der Waals surface area contributed by atoms with E-state index in [1.165, 1.54) is 25.0 Å². The Morgan fingerprint density at radius 3 is 1.13 bits per heavy atom. The van der Waals surface area contributed by atoms with Gasteiger partial charge in [-0.2, -0.15) is 0 Å². The van der Waals surface area contributed by atoms with Crippen LogP contribution in [0.2, 0.25) is 0 Å². The summed E-state index contributed by atoms with van der Waals surface area (Å²) in [5, 5.41) is 8.53. The highest BCUT2D eigenvalue weighted by molar-refractivity contribution is 6.11. The minimum atomic E-state index is -0.567. The average molecular weight is 394 g/mol. The molecule has 30 heavy (non-hydrogen) atoms. The number of hydrogen-bond donors (Lipinski definition) is 0. The summed E-state index contributed by atoms with van der Waals surface area (Å²) < 4.78 is 9.72. The van der Waals surface area contributed by atoms with E-state index in [2.05, 4.69) is 36.4 Å². The number of rotatable bonds is 2. The van der Waals surface area contributed by atoms with Gasteiger partial charge in [-0.15, -0.1) is 0 Å². The predicted octanol–water partition coefficient (Wildman–Crippen LogP) is 5.87. The van der Waals surface area contributed by atoms with Crippen molar-refractivity contribution in [1.29, 1.82) is 0 Å². The molecule has 5 aromatic rings. The Labute approximate surface area is 172 Å². The van der Waals surface area contributed by atoms with E-state index < -0.39 is 11.9 Å². The molecule has 0 spiro atoms. The Bertz CT molecular complexity index is 1380. The number of methoxy groups -OCH3 is 2. The first-order valence-electron chi connectivity index (χ1n) is 9.58. The maximum Gasteiger partial charge on any atom is 0.338 e. The third-order valence-electron chi connectivity index (χ3n) is 5.56. The van der Waals surface area contributed by atoms with Crippen LogP contribution in [0.15, 0.2) is 72.8 Å². The third-order valence-corrected chi connectivity index (χ3v) is 5.56. The Balaban J connectivity index is 1.80. The minimum Gasteiger partial charge on any atom is -0.465 e. The van der Waals surface area contributed by atoms with Gasteiger partial charge in [0.1, 0.15) is 0 Å². The second-order valence-electron chi connectivity index (χ2n) is 7.33. The van der Waals surface area contributed by atoms with Gasteiger partial charge in [-0.05, 0) is 91.6 Å². The van der Waals surface area contributed by atoms with Crippen LogP contribution in [-0.2, 0) is 9.47 Å². The largest absolute Gasteiger partial charge is 0.465 e. The zero-order valence-corrected chi connectivity index (χ0v) is 16.6. The number of esters is 2. The van der Waals surface area contributed by atoms with Crippen molar-refractivity contribution in [2.24, 2.45) is 0 Å². The van der Waals surface area contributed by atoms with Crippen LogP contribution in [0.1, 0.15) is 20.7 Å². The number of hydrogen-bond acceptors (Lipinski definition) is 4. The quantitative estimate of drug-likeness (QED) is 0.277. The zero-order valence-electron chi connectivity index (χ0n) is 16.6. The van der Waals surface area contributed by atoms with Crippen molar-refractivity contribution < 1.29 is 19.1 Å². The molecule has 0 fully saturated rings. The molecule has 5 rings (SSSR count). The molecule has 0 saturated heterocycles. The van der Waals surface area contributed by atoms with Gasteiger partial charge in [0.2, 0.25) is 0 Å². The van der Waals surface area contributed by atoms with Gasteiger partial charge >= 0.3 is 11.9 Å². The Hall–Kier alpha value is -3.92. The highest BCUT2D eigenvalue weighted by atomic mass is 16.5. The fourth-order valence-electron chi connectivity index (χ4n) is 4.05. The third kappa shape index (κ3) is 2.85. The van der Waals surface area contributed by atoms with Crippen LogP contribution >= 0.6 is 0 Å². The molecule has 0 bridgehead atoms. The van der Waals surface area contributed by atoms with Crippen molar-refractivity contribution in [3.8, 4) is 0 Å². The standard InChI is InChI=1S/C26H18O4/c1-29-25(27)23-13-21-11-19-9-17-7-15-5-3-4-6-16(15)8-18(17)10-20(19)12-22(21)14-24(23)26(28)30-2/h3-14H,1-2H3. The van der Waals surface area contributed by atoms with E-state index in [1.54, 1.807) is 12.1 Å². The zero-order chi connectivity index (χ0) is 20.8. The van der Waals surface area contributed by atoms with E-state index in [0.29, 0.717) is 0 Å². The monoisotopic (exact) mass is 394 g/mol. The van der Waals surface area contributed by atoms with Gasteiger partial charge in [0.05, 0.1) is 25.3 Å². The SMILES string of the molecule is COC(=O)c1cc2cc3cc4cc5ccccc5cc4cc3cc2cc1C(=O)OC. The highest BCUT2D eigenvalue weighted by Gasteiger charge is 2.19. The van der Waals surface area contributed by atoms with Crippen LogP contribution in [0, 0.1) is 0 Å². The fraction of sp³-hybridized carbons (Fsp3) is 0.0769. The number of benzene rings is 5. The van der Waals surface area contributed by atoms with Crippen molar-refractivity contribution in [1.82, 2.24) is 0 Å². The Morgan fingerprint density at radius 1 is 0.500 bits per heavy atom. The van der Waals surface area contributed by atoms with E-state index in [0.717, 1.165) is 32.3 Å². The summed E-state index contributed by atoms with van der Waals surface area (Å²) >= 11 is 0. The van der Waals surface area contributed by atoms with Gasteiger partial charge in [-0.25, -0.2) is 9.59 Å². The molecule has 146 valence electrons. The van der Waals surface area contributed by atoms with Crippen LogP contribution < -0.4 is 0 Å². The van der Waals surface area contributed by atoms with Gasteiger partial charge in [0, 0.05) is 0 Å². The molecular weight excluding hydrogens is 376 g/mol. The van der Waals surface area contributed by atoms with Gasteiger partial charge < -0.3 is 9.47 Å². The molecule has 0 N–H and O–H groups in total. The van der Waals surface area contributed by atoms with E-state index in [4.69, 9.17) is 9.47 Å². The lowest BCUT2D eigenvalue weighted by atomic mass is 9.95. The summed E-state index contributed by atoms with van der Waals surface area (Å²) in [5.74, 6) is -1.13. The number of carbonyl (C=O) groups excluding carboxylic acids is 2. The molecule has 4 nitrogen and oxygen atoms in total. The van der Waals surface area contributed by atoms with Crippen molar-refractivity contribution in [3.63, 3.8) is 0 Å². The van der Waals surface area contributed by atoms with Crippen LogP contribution in [0.3, 0.4) is 0 Å². The maximum absolute atomic E-state index is 12.2. The smallest absolute Gasteiger partial charge is 0.338 e. The van der Waals surface area contributed by atoms with Crippen molar-refractivity contribution in [3.05, 3.63) is 83.9 Å².